The highest BCUT2D eigenvalue weighted by Gasteiger charge is 2.37. The molecule has 0 heterocycles. The molecule has 0 spiro atoms. The molecule has 0 radical (unpaired) electrons. The van der Waals surface area contributed by atoms with E-state index in [0.29, 0.717) is 11.3 Å². The number of para-hydroxylation sites is 1. The first-order valence-electron chi connectivity index (χ1n) is 7.84. The summed E-state index contributed by atoms with van der Waals surface area (Å²) >= 11 is 0. The summed E-state index contributed by atoms with van der Waals surface area (Å²) in [6.45, 7) is 8.97. The molecule has 0 aromatic heterocycles. The summed E-state index contributed by atoms with van der Waals surface area (Å²) in [7, 11) is 0. The molecule has 1 fully saturated rings. The number of aryl methyl sites for hydroxylation is 1. The summed E-state index contributed by atoms with van der Waals surface area (Å²) in [5.74, 6) is 1.54. The van der Waals surface area contributed by atoms with E-state index in [1.165, 1.54) is 6.42 Å². The monoisotopic (exact) mass is 276 g/mol. The molecule has 20 heavy (non-hydrogen) atoms. The van der Waals surface area contributed by atoms with Crippen molar-refractivity contribution in [1.82, 2.24) is 0 Å². The van der Waals surface area contributed by atoms with Gasteiger partial charge in [-0.25, -0.2) is 0 Å². The molecule has 1 aromatic carbocycles. The minimum Gasteiger partial charge on any atom is -0.487 e. The Kier molecular flexibility index (Phi) is 4.74. The van der Waals surface area contributed by atoms with Gasteiger partial charge in [0.25, 0.3) is 0 Å². The number of aliphatic hydroxyl groups excluding tert-OH is 1. The van der Waals surface area contributed by atoms with Crippen molar-refractivity contribution in [3.63, 3.8) is 0 Å². The van der Waals surface area contributed by atoms with E-state index < -0.39 is 0 Å². The number of rotatable bonds is 4. The van der Waals surface area contributed by atoms with Gasteiger partial charge in [0.1, 0.15) is 11.9 Å². The fraction of sp³-hybridized carbons (Fsp3) is 0.667. The molecule has 1 N–H and O–H groups in total. The summed E-state index contributed by atoms with van der Waals surface area (Å²) in [6.07, 6.45) is 3.68. The van der Waals surface area contributed by atoms with Gasteiger partial charge in [0.05, 0.1) is 6.10 Å². The molecule has 112 valence electrons. The first kappa shape index (κ1) is 15.4. The van der Waals surface area contributed by atoms with Gasteiger partial charge >= 0.3 is 0 Å². The number of benzene rings is 1. The van der Waals surface area contributed by atoms with Gasteiger partial charge in [-0.2, -0.15) is 0 Å². The molecule has 1 aromatic rings. The Labute approximate surface area is 123 Å². The first-order valence-corrected chi connectivity index (χ1v) is 7.84. The molecule has 1 aliphatic carbocycles. The van der Waals surface area contributed by atoms with Crippen LogP contribution in [-0.2, 0) is 0 Å². The average molecular weight is 276 g/mol. The minimum absolute atomic E-state index is 0.0688. The van der Waals surface area contributed by atoms with E-state index in [4.69, 9.17) is 4.74 Å². The second kappa shape index (κ2) is 6.17. The van der Waals surface area contributed by atoms with Crippen molar-refractivity contribution in [3.05, 3.63) is 29.8 Å². The highest BCUT2D eigenvalue weighted by Crippen LogP contribution is 2.41. The normalized spacial score (nSPS) is 27.4. The first-order chi connectivity index (χ1) is 9.44. The van der Waals surface area contributed by atoms with E-state index in [1.54, 1.807) is 0 Å². The lowest BCUT2D eigenvalue weighted by molar-refractivity contribution is -0.0336. The molecule has 0 amide bonds. The van der Waals surface area contributed by atoms with Crippen molar-refractivity contribution in [1.29, 1.82) is 0 Å². The maximum atomic E-state index is 10.3. The SMILES string of the molecule is CCC(C)(C)C1CCC(O)C(Oc2ccccc2C)C1. The van der Waals surface area contributed by atoms with Crippen molar-refractivity contribution in [3.8, 4) is 5.75 Å². The molecule has 2 rings (SSSR count). The maximum absolute atomic E-state index is 10.3. The molecule has 3 unspecified atom stereocenters. The molecule has 0 saturated heterocycles. The van der Waals surface area contributed by atoms with Gasteiger partial charge in [-0.05, 0) is 49.1 Å². The highest BCUT2D eigenvalue weighted by atomic mass is 16.5. The molecule has 0 bridgehead atoms. The Bertz CT molecular complexity index is 439. The van der Waals surface area contributed by atoms with Crippen LogP contribution < -0.4 is 4.74 Å². The van der Waals surface area contributed by atoms with Crippen LogP contribution in [0.3, 0.4) is 0 Å². The smallest absolute Gasteiger partial charge is 0.125 e. The van der Waals surface area contributed by atoms with Crippen molar-refractivity contribution in [2.24, 2.45) is 11.3 Å². The lowest BCUT2D eigenvalue weighted by atomic mass is 9.68. The van der Waals surface area contributed by atoms with Gasteiger partial charge in [0.2, 0.25) is 0 Å². The fourth-order valence-electron chi connectivity index (χ4n) is 3.09. The van der Waals surface area contributed by atoms with Crippen LogP contribution in [0.25, 0.3) is 0 Å². The Morgan fingerprint density at radius 3 is 2.60 bits per heavy atom. The maximum Gasteiger partial charge on any atom is 0.125 e. The number of aliphatic hydroxyl groups is 1. The second-order valence-electron chi connectivity index (χ2n) is 6.84. The Morgan fingerprint density at radius 1 is 1.25 bits per heavy atom. The highest BCUT2D eigenvalue weighted by molar-refractivity contribution is 5.32. The summed E-state index contributed by atoms with van der Waals surface area (Å²) in [6, 6.07) is 8.06. The van der Waals surface area contributed by atoms with Crippen molar-refractivity contribution >= 4 is 0 Å². The van der Waals surface area contributed by atoms with Gasteiger partial charge < -0.3 is 9.84 Å². The Balaban J connectivity index is 2.08. The molecular weight excluding hydrogens is 248 g/mol. The lowest BCUT2D eigenvalue weighted by Crippen LogP contribution is -2.42. The number of ether oxygens (including phenoxy) is 1. The van der Waals surface area contributed by atoms with E-state index in [0.717, 1.165) is 30.6 Å². The van der Waals surface area contributed by atoms with Gasteiger partial charge in [-0.15, -0.1) is 0 Å². The third kappa shape index (κ3) is 3.35. The second-order valence-corrected chi connectivity index (χ2v) is 6.84. The predicted octanol–water partition coefficient (Wildman–Crippen LogP) is 4.34. The zero-order valence-corrected chi connectivity index (χ0v) is 13.2. The average Bonchev–Trinajstić information content (AvgIpc) is 2.43. The van der Waals surface area contributed by atoms with E-state index >= 15 is 0 Å². The molecular formula is C18H28O2. The molecule has 1 saturated carbocycles. The van der Waals surface area contributed by atoms with Crippen molar-refractivity contribution < 1.29 is 9.84 Å². The summed E-state index contributed by atoms with van der Waals surface area (Å²) in [5, 5.41) is 10.3. The summed E-state index contributed by atoms with van der Waals surface area (Å²) in [4.78, 5) is 0. The Morgan fingerprint density at radius 2 is 1.95 bits per heavy atom. The van der Waals surface area contributed by atoms with Gasteiger partial charge in [-0.1, -0.05) is 45.4 Å². The van der Waals surface area contributed by atoms with Crippen LogP contribution in [0.2, 0.25) is 0 Å². The molecule has 2 nitrogen and oxygen atoms in total. The third-order valence-electron chi connectivity index (χ3n) is 5.15. The number of hydrogen-bond acceptors (Lipinski definition) is 2. The largest absolute Gasteiger partial charge is 0.487 e. The predicted molar refractivity (Wildman–Crippen MR) is 83.0 cm³/mol. The topological polar surface area (TPSA) is 29.5 Å². The Hall–Kier alpha value is -1.02. The molecule has 1 aliphatic rings. The van der Waals surface area contributed by atoms with Crippen LogP contribution in [0.4, 0.5) is 0 Å². The fourth-order valence-corrected chi connectivity index (χ4v) is 3.09. The molecule has 0 aliphatic heterocycles. The van der Waals surface area contributed by atoms with E-state index in [2.05, 4.69) is 33.8 Å². The van der Waals surface area contributed by atoms with Crippen molar-refractivity contribution in [2.45, 2.75) is 65.6 Å². The third-order valence-corrected chi connectivity index (χ3v) is 5.15. The summed E-state index contributed by atoms with van der Waals surface area (Å²) < 4.78 is 6.12. The van der Waals surface area contributed by atoms with Crippen LogP contribution >= 0.6 is 0 Å². The molecule has 2 heteroatoms. The van der Waals surface area contributed by atoms with Crippen LogP contribution in [0, 0.1) is 18.3 Å². The zero-order chi connectivity index (χ0) is 14.8. The molecule has 3 atom stereocenters. The number of hydrogen-bond donors (Lipinski definition) is 1. The lowest BCUT2D eigenvalue weighted by Gasteiger charge is -2.41. The minimum atomic E-state index is -0.335. The quantitative estimate of drug-likeness (QED) is 0.886. The van der Waals surface area contributed by atoms with Gasteiger partial charge in [0.15, 0.2) is 0 Å². The zero-order valence-electron chi connectivity index (χ0n) is 13.2. The summed E-state index contributed by atoms with van der Waals surface area (Å²) in [5.41, 5.74) is 1.46. The van der Waals surface area contributed by atoms with E-state index in [1.807, 2.05) is 18.2 Å². The van der Waals surface area contributed by atoms with Gasteiger partial charge in [-0.3, -0.25) is 0 Å². The van der Waals surface area contributed by atoms with Gasteiger partial charge in [0, 0.05) is 0 Å². The van der Waals surface area contributed by atoms with E-state index in [-0.39, 0.29) is 12.2 Å². The van der Waals surface area contributed by atoms with Crippen molar-refractivity contribution in [2.75, 3.05) is 0 Å². The van der Waals surface area contributed by atoms with Crippen LogP contribution in [0.15, 0.2) is 24.3 Å². The van der Waals surface area contributed by atoms with Crippen LogP contribution in [0.5, 0.6) is 5.75 Å². The van der Waals surface area contributed by atoms with Crippen LogP contribution in [-0.4, -0.2) is 17.3 Å². The standard InChI is InChI=1S/C18H28O2/c1-5-18(3,4)14-10-11-15(19)17(12-14)20-16-9-7-6-8-13(16)2/h6-9,14-15,17,19H,5,10-12H2,1-4H3. The van der Waals surface area contributed by atoms with Crippen LogP contribution in [0.1, 0.15) is 52.0 Å². The van der Waals surface area contributed by atoms with E-state index in [9.17, 15) is 5.11 Å².